The molecule has 1 aliphatic heterocycles. The zero-order chi connectivity index (χ0) is 16.4. The van der Waals surface area contributed by atoms with E-state index in [-0.39, 0.29) is 30.0 Å². The van der Waals surface area contributed by atoms with Gasteiger partial charge in [0.05, 0.1) is 6.20 Å². The fraction of sp³-hybridized carbons (Fsp3) is 0.375. The lowest BCUT2D eigenvalue weighted by Crippen LogP contribution is -2.37. The van der Waals surface area contributed by atoms with E-state index >= 15 is 0 Å². The highest BCUT2D eigenvalue weighted by atomic mass is 19.1. The summed E-state index contributed by atoms with van der Waals surface area (Å²) in [6, 6.07) is 5.35. The van der Waals surface area contributed by atoms with Crippen LogP contribution in [-0.2, 0) is 7.05 Å². The summed E-state index contributed by atoms with van der Waals surface area (Å²) in [7, 11) is 1.66. The molecule has 1 fully saturated rings. The molecule has 6 nitrogen and oxygen atoms in total. The maximum atomic E-state index is 12.9. The number of amides is 1. The predicted molar refractivity (Wildman–Crippen MR) is 80.4 cm³/mol. The molecule has 0 bridgehead atoms. The van der Waals surface area contributed by atoms with Crippen molar-refractivity contribution in [3.63, 3.8) is 0 Å². The molecule has 23 heavy (non-hydrogen) atoms. The third-order valence-electron chi connectivity index (χ3n) is 4.16. The lowest BCUT2D eigenvalue weighted by molar-refractivity contribution is 0.0707. The summed E-state index contributed by atoms with van der Waals surface area (Å²) in [5.74, 6) is -0.618. The van der Waals surface area contributed by atoms with E-state index in [0.29, 0.717) is 17.8 Å². The zero-order valence-electron chi connectivity index (χ0n) is 12.8. The molecule has 0 saturated carbocycles. The van der Waals surface area contributed by atoms with Crippen molar-refractivity contribution in [3.8, 4) is 0 Å². The van der Waals surface area contributed by atoms with Crippen LogP contribution in [0.3, 0.4) is 0 Å². The number of carbonyl (C=O) groups is 2. The monoisotopic (exact) mass is 316 g/mol. The predicted octanol–water partition coefficient (Wildman–Crippen LogP) is 1.83. The standard InChI is InChI=1S/C16H17FN4O2/c1-20-14(10-18-19-20)16(23)21-8-2-3-13(21)9-15(22)11-4-6-12(17)7-5-11/h4-7,10,13H,2-3,8-9H2,1H3/t13-/m0/s1. The molecule has 2 aromatic rings. The number of nitrogens with zero attached hydrogens (tertiary/aromatic N) is 4. The summed E-state index contributed by atoms with van der Waals surface area (Å²) >= 11 is 0. The molecule has 2 heterocycles. The SMILES string of the molecule is Cn1nncc1C(=O)N1CCC[C@H]1CC(=O)c1ccc(F)cc1. The molecule has 0 spiro atoms. The van der Waals surface area contributed by atoms with Crippen LogP contribution < -0.4 is 0 Å². The van der Waals surface area contributed by atoms with E-state index in [0.717, 1.165) is 12.8 Å². The number of Topliss-reactive ketones (excluding diaryl/α,β-unsaturated/α-hetero) is 1. The summed E-state index contributed by atoms with van der Waals surface area (Å²) in [5, 5.41) is 7.49. The summed E-state index contributed by atoms with van der Waals surface area (Å²) < 4.78 is 14.4. The molecular weight excluding hydrogens is 299 g/mol. The van der Waals surface area contributed by atoms with Crippen LogP contribution in [0.1, 0.15) is 40.1 Å². The van der Waals surface area contributed by atoms with Gasteiger partial charge in [-0.1, -0.05) is 5.21 Å². The van der Waals surface area contributed by atoms with Gasteiger partial charge < -0.3 is 4.90 Å². The van der Waals surface area contributed by atoms with Crippen LogP contribution in [0.15, 0.2) is 30.5 Å². The van der Waals surface area contributed by atoms with Gasteiger partial charge in [0.2, 0.25) is 0 Å². The van der Waals surface area contributed by atoms with Gasteiger partial charge in [0.15, 0.2) is 5.78 Å². The maximum Gasteiger partial charge on any atom is 0.274 e. The van der Waals surface area contributed by atoms with Crippen molar-refractivity contribution in [2.45, 2.75) is 25.3 Å². The Morgan fingerprint density at radius 3 is 2.70 bits per heavy atom. The van der Waals surface area contributed by atoms with Gasteiger partial charge in [-0.15, -0.1) is 5.10 Å². The van der Waals surface area contributed by atoms with E-state index in [9.17, 15) is 14.0 Å². The Hall–Kier alpha value is -2.57. The van der Waals surface area contributed by atoms with Gasteiger partial charge in [0.25, 0.3) is 5.91 Å². The van der Waals surface area contributed by atoms with Gasteiger partial charge in [-0.05, 0) is 37.1 Å². The topological polar surface area (TPSA) is 68.1 Å². The number of hydrogen-bond acceptors (Lipinski definition) is 4. The molecule has 1 atom stereocenters. The van der Waals surface area contributed by atoms with Crippen LogP contribution in [-0.4, -0.2) is 44.2 Å². The molecule has 0 N–H and O–H groups in total. The van der Waals surface area contributed by atoms with Crippen LogP contribution in [0.25, 0.3) is 0 Å². The second-order valence-electron chi connectivity index (χ2n) is 5.67. The number of benzene rings is 1. The second-order valence-corrected chi connectivity index (χ2v) is 5.67. The van der Waals surface area contributed by atoms with E-state index in [1.54, 1.807) is 11.9 Å². The van der Waals surface area contributed by atoms with E-state index in [1.807, 2.05) is 0 Å². The Kier molecular flexibility index (Phi) is 4.18. The van der Waals surface area contributed by atoms with Gasteiger partial charge >= 0.3 is 0 Å². The first-order valence-electron chi connectivity index (χ1n) is 7.50. The quantitative estimate of drug-likeness (QED) is 0.807. The van der Waals surface area contributed by atoms with Crippen molar-refractivity contribution in [2.75, 3.05) is 6.54 Å². The average Bonchev–Trinajstić information content (AvgIpc) is 3.16. The van der Waals surface area contributed by atoms with Crippen molar-refractivity contribution < 1.29 is 14.0 Å². The first kappa shape index (κ1) is 15.3. The Balaban J connectivity index is 1.72. The zero-order valence-corrected chi connectivity index (χ0v) is 12.8. The molecule has 3 rings (SSSR count). The first-order chi connectivity index (χ1) is 11.1. The van der Waals surface area contributed by atoms with Gasteiger partial charge in [-0.2, -0.15) is 0 Å². The molecule has 120 valence electrons. The largest absolute Gasteiger partial charge is 0.334 e. The minimum Gasteiger partial charge on any atom is -0.334 e. The fourth-order valence-electron chi connectivity index (χ4n) is 2.91. The van der Waals surface area contributed by atoms with Crippen LogP contribution in [0, 0.1) is 5.82 Å². The third kappa shape index (κ3) is 3.13. The van der Waals surface area contributed by atoms with Crippen molar-refractivity contribution in [2.24, 2.45) is 7.05 Å². The number of hydrogen-bond donors (Lipinski definition) is 0. The number of carbonyl (C=O) groups excluding carboxylic acids is 2. The third-order valence-corrected chi connectivity index (χ3v) is 4.16. The van der Waals surface area contributed by atoms with Crippen LogP contribution >= 0.6 is 0 Å². The Bertz CT molecular complexity index is 726. The van der Waals surface area contributed by atoms with Crippen LogP contribution in [0.4, 0.5) is 4.39 Å². The molecule has 0 unspecified atom stereocenters. The highest BCUT2D eigenvalue weighted by Crippen LogP contribution is 2.23. The van der Waals surface area contributed by atoms with Gasteiger partial charge in [0.1, 0.15) is 11.5 Å². The van der Waals surface area contributed by atoms with Gasteiger partial charge in [0, 0.05) is 31.6 Å². The van der Waals surface area contributed by atoms with Crippen molar-refractivity contribution in [1.82, 2.24) is 19.9 Å². The molecular formula is C16H17FN4O2. The van der Waals surface area contributed by atoms with Crippen molar-refractivity contribution in [1.29, 1.82) is 0 Å². The summed E-state index contributed by atoms with van der Waals surface area (Å²) in [6.07, 6.45) is 3.31. The van der Waals surface area contributed by atoms with E-state index in [2.05, 4.69) is 10.3 Å². The van der Waals surface area contributed by atoms with Crippen molar-refractivity contribution >= 4 is 11.7 Å². The molecule has 0 radical (unpaired) electrons. The Morgan fingerprint density at radius 2 is 2.04 bits per heavy atom. The number of likely N-dealkylation sites (tertiary alicyclic amines) is 1. The minimum absolute atomic E-state index is 0.0853. The Morgan fingerprint density at radius 1 is 1.30 bits per heavy atom. The number of halogens is 1. The fourth-order valence-corrected chi connectivity index (χ4v) is 2.91. The van der Waals surface area contributed by atoms with Crippen LogP contribution in [0.2, 0.25) is 0 Å². The molecule has 1 aromatic heterocycles. The van der Waals surface area contributed by atoms with Crippen LogP contribution in [0.5, 0.6) is 0 Å². The van der Waals surface area contributed by atoms with E-state index in [4.69, 9.17) is 0 Å². The van der Waals surface area contributed by atoms with E-state index < -0.39 is 0 Å². The number of aromatic nitrogens is 3. The highest BCUT2D eigenvalue weighted by Gasteiger charge is 2.32. The molecule has 1 saturated heterocycles. The van der Waals surface area contributed by atoms with Crippen molar-refractivity contribution in [3.05, 3.63) is 47.5 Å². The second kappa shape index (κ2) is 6.28. The normalized spacial score (nSPS) is 17.5. The molecule has 7 heteroatoms. The lowest BCUT2D eigenvalue weighted by Gasteiger charge is -2.24. The molecule has 1 aromatic carbocycles. The lowest BCUT2D eigenvalue weighted by atomic mass is 10.0. The summed E-state index contributed by atoms with van der Waals surface area (Å²) in [4.78, 5) is 26.6. The smallest absolute Gasteiger partial charge is 0.274 e. The summed E-state index contributed by atoms with van der Waals surface area (Å²) in [5.41, 5.74) is 0.874. The molecule has 1 amide bonds. The number of rotatable bonds is 4. The highest BCUT2D eigenvalue weighted by molar-refractivity contribution is 5.97. The maximum absolute atomic E-state index is 12.9. The molecule has 0 aliphatic carbocycles. The summed E-state index contributed by atoms with van der Waals surface area (Å²) in [6.45, 7) is 0.616. The Labute approximate surface area is 132 Å². The minimum atomic E-state index is -0.372. The average molecular weight is 316 g/mol. The first-order valence-corrected chi connectivity index (χ1v) is 7.50. The number of aryl methyl sites for hydroxylation is 1. The van der Waals surface area contributed by atoms with E-state index in [1.165, 1.54) is 35.1 Å². The molecule has 1 aliphatic rings. The number of ketones is 1. The van der Waals surface area contributed by atoms with Gasteiger partial charge in [-0.3, -0.25) is 9.59 Å². The van der Waals surface area contributed by atoms with Gasteiger partial charge in [-0.25, -0.2) is 9.07 Å².